The highest BCUT2D eigenvalue weighted by Crippen LogP contribution is 2.51. The van der Waals surface area contributed by atoms with Crippen molar-refractivity contribution >= 4 is 28.7 Å². The third-order valence-electron chi connectivity index (χ3n) is 5.01. The summed E-state index contributed by atoms with van der Waals surface area (Å²) in [6.07, 6.45) is -1.20. The molecule has 1 aromatic rings. The van der Waals surface area contributed by atoms with Crippen molar-refractivity contribution in [1.82, 2.24) is 5.32 Å². The van der Waals surface area contributed by atoms with E-state index in [0.29, 0.717) is 5.75 Å². The summed E-state index contributed by atoms with van der Waals surface area (Å²) in [5.41, 5.74) is -2.07. The SMILES string of the molecule is CC(C)(C)OC(=O)NC1=N[C@@]2(c3cc([N+](=O)[O-])ccc3F)CC[C@@H](F)C[C@H]2CS1. The molecule has 0 radical (unpaired) electrons. The number of nitrogens with one attached hydrogen (secondary N) is 1. The smallest absolute Gasteiger partial charge is 0.413 e. The lowest BCUT2D eigenvalue weighted by Gasteiger charge is -2.45. The normalized spacial score (nSPS) is 26.9. The number of rotatable bonds is 2. The average molecular weight is 427 g/mol. The van der Waals surface area contributed by atoms with E-state index in [1.54, 1.807) is 20.8 Å². The Morgan fingerprint density at radius 2 is 2.17 bits per heavy atom. The second-order valence-corrected chi connectivity index (χ2v) is 9.28. The van der Waals surface area contributed by atoms with Gasteiger partial charge in [-0.05, 0) is 46.1 Å². The van der Waals surface area contributed by atoms with Gasteiger partial charge in [-0.2, -0.15) is 0 Å². The summed E-state index contributed by atoms with van der Waals surface area (Å²) in [5.74, 6) is -0.584. The Morgan fingerprint density at radius 1 is 1.45 bits per heavy atom. The van der Waals surface area contributed by atoms with Crippen LogP contribution in [0.5, 0.6) is 0 Å². The summed E-state index contributed by atoms with van der Waals surface area (Å²) < 4.78 is 34.1. The molecular weight excluding hydrogens is 404 g/mol. The van der Waals surface area contributed by atoms with E-state index < -0.39 is 34.1 Å². The zero-order chi connectivity index (χ0) is 21.4. The summed E-state index contributed by atoms with van der Waals surface area (Å²) in [4.78, 5) is 27.4. The van der Waals surface area contributed by atoms with Gasteiger partial charge in [0, 0.05) is 29.4 Å². The van der Waals surface area contributed by atoms with E-state index in [1.807, 2.05) is 0 Å². The van der Waals surface area contributed by atoms with Gasteiger partial charge in [0.15, 0.2) is 5.17 Å². The molecule has 0 saturated heterocycles. The minimum Gasteiger partial charge on any atom is -0.444 e. The summed E-state index contributed by atoms with van der Waals surface area (Å²) in [7, 11) is 0. The number of amidine groups is 1. The molecule has 0 unspecified atom stereocenters. The highest BCUT2D eigenvalue weighted by Gasteiger charge is 2.49. The Morgan fingerprint density at radius 3 is 2.83 bits per heavy atom. The maximum atomic E-state index is 14.8. The summed E-state index contributed by atoms with van der Waals surface area (Å²) in [6, 6.07) is 3.30. The van der Waals surface area contributed by atoms with Gasteiger partial charge in [0.1, 0.15) is 17.6 Å². The van der Waals surface area contributed by atoms with Crippen LogP contribution >= 0.6 is 11.8 Å². The third kappa shape index (κ3) is 4.68. The first-order valence-electron chi connectivity index (χ1n) is 9.31. The molecule has 1 aromatic carbocycles. The molecule has 1 amide bonds. The van der Waals surface area contributed by atoms with Crippen LogP contribution in [0.3, 0.4) is 0 Å². The summed E-state index contributed by atoms with van der Waals surface area (Å²) in [5, 5.41) is 14.0. The van der Waals surface area contributed by atoms with Crippen LogP contribution in [0.15, 0.2) is 23.2 Å². The second-order valence-electron chi connectivity index (χ2n) is 8.27. The number of carbonyl (C=O) groups excluding carboxylic acids is 1. The molecule has 7 nitrogen and oxygen atoms in total. The Balaban J connectivity index is 2.02. The number of nitro benzene ring substituents is 1. The molecule has 3 rings (SSSR count). The van der Waals surface area contributed by atoms with Crippen LogP contribution in [-0.2, 0) is 10.3 Å². The van der Waals surface area contributed by atoms with Crippen molar-refractivity contribution in [3.8, 4) is 0 Å². The van der Waals surface area contributed by atoms with Gasteiger partial charge in [-0.25, -0.2) is 13.6 Å². The zero-order valence-electron chi connectivity index (χ0n) is 16.4. The number of amides is 1. The molecule has 3 atom stereocenters. The van der Waals surface area contributed by atoms with Gasteiger partial charge >= 0.3 is 6.09 Å². The fourth-order valence-electron chi connectivity index (χ4n) is 3.78. The lowest BCUT2D eigenvalue weighted by Crippen LogP contribution is -2.47. The number of halogens is 2. The quantitative estimate of drug-likeness (QED) is 0.546. The van der Waals surface area contributed by atoms with Gasteiger partial charge in [-0.15, -0.1) is 0 Å². The van der Waals surface area contributed by atoms with Crippen molar-refractivity contribution in [1.29, 1.82) is 0 Å². The van der Waals surface area contributed by atoms with Crippen molar-refractivity contribution < 1.29 is 23.2 Å². The largest absolute Gasteiger partial charge is 0.444 e. The zero-order valence-corrected chi connectivity index (χ0v) is 17.2. The van der Waals surface area contributed by atoms with Crippen molar-refractivity contribution in [2.45, 2.75) is 57.3 Å². The molecule has 1 aliphatic heterocycles. The molecule has 0 aromatic heterocycles. The molecule has 1 fully saturated rings. The molecule has 29 heavy (non-hydrogen) atoms. The Kier molecular flexibility index (Phi) is 5.84. The molecule has 10 heteroatoms. The molecule has 0 bridgehead atoms. The number of benzene rings is 1. The summed E-state index contributed by atoms with van der Waals surface area (Å²) in [6.45, 7) is 5.17. The number of nitro groups is 1. The van der Waals surface area contributed by atoms with Crippen LogP contribution in [0.2, 0.25) is 0 Å². The molecule has 1 saturated carbocycles. The van der Waals surface area contributed by atoms with Gasteiger partial charge in [-0.3, -0.25) is 20.4 Å². The minimum absolute atomic E-state index is 0.0624. The molecule has 0 spiro atoms. The fourth-order valence-corrected chi connectivity index (χ4v) is 4.93. The van der Waals surface area contributed by atoms with Gasteiger partial charge < -0.3 is 4.74 Å². The van der Waals surface area contributed by atoms with Crippen LogP contribution in [0.25, 0.3) is 0 Å². The molecule has 2 aliphatic rings. The standard InChI is InChI=1S/C19H23F2N3O4S/c1-18(2,3)28-17(25)22-16-23-19(7-6-12(20)8-11(19)10-29-16)14-9-13(24(26)27)4-5-15(14)21/h4-5,9,11-12H,6-8,10H2,1-3H3,(H,22,23,25)/t11-,12+,19-/m0/s1. The van der Waals surface area contributed by atoms with Gasteiger partial charge in [-0.1, -0.05) is 11.8 Å². The molecular formula is C19H23F2N3O4S. The Labute approximate surface area is 171 Å². The number of ether oxygens (including phenoxy) is 1. The average Bonchev–Trinajstić information content (AvgIpc) is 2.60. The van der Waals surface area contributed by atoms with Crippen LogP contribution < -0.4 is 5.32 Å². The number of aliphatic imine (C=N–C) groups is 1. The number of alkyl carbamates (subject to hydrolysis) is 1. The highest BCUT2D eigenvalue weighted by atomic mass is 32.2. The first-order chi connectivity index (χ1) is 13.5. The van der Waals surface area contributed by atoms with Gasteiger partial charge in [0.2, 0.25) is 0 Å². The van der Waals surface area contributed by atoms with Crippen molar-refractivity contribution in [3.63, 3.8) is 0 Å². The van der Waals surface area contributed by atoms with Crippen molar-refractivity contribution in [2.75, 3.05) is 5.75 Å². The van der Waals surface area contributed by atoms with Crippen molar-refractivity contribution in [3.05, 3.63) is 39.7 Å². The number of fused-ring (bicyclic) bond motifs is 1. The Bertz CT molecular complexity index is 858. The lowest BCUT2D eigenvalue weighted by atomic mass is 9.69. The Hall–Kier alpha value is -2.23. The first kappa shape index (κ1) is 21.5. The maximum absolute atomic E-state index is 14.8. The number of alkyl halides is 1. The first-order valence-corrected chi connectivity index (χ1v) is 10.3. The highest BCUT2D eigenvalue weighted by molar-refractivity contribution is 8.13. The van der Waals surface area contributed by atoms with Gasteiger partial charge in [0.25, 0.3) is 5.69 Å². The van der Waals surface area contributed by atoms with E-state index in [4.69, 9.17) is 4.74 Å². The predicted octanol–water partition coefficient (Wildman–Crippen LogP) is 4.69. The van der Waals surface area contributed by atoms with Crippen LogP contribution in [0.1, 0.15) is 45.6 Å². The van der Waals surface area contributed by atoms with Gasteiger partial charge in [0.05, 0.1) is 10.5 Å². The van der Waals surface area contributed by atoms with E-state index >= 15 is 0 Å². The number of hydrogen-bond acceptors (Lipinski definition) is 6. The van der Waals surface area contributed by atoms with E-state index in [0.717, 1.165) is 12.1 Å². The number of carbonyl (C=O) groups is 1. The van der Waals surface area contributed by atoms with E-state index in [1.165, 1.54) is 17.8 Å². The third-order valence-corrected chi connectivity index (χ3v) is 6.05. The van der Waals surface area contributed by atoms with E-state index in [9.17, 15) is 23.7 Å². The van der Waals surface area contributed by atoms with Crippen LogP contribution in [0.4, 0.5) is 19.3 Å². The van der Waals surface area contributed by atoms with E-state index in [-0.39, 0.29) is 41.6 Å². The second kappa shape index (κ2) is 7.89. The number of nitrogens with zero attached hydrogens (tertiary/aromatic N) is 2. The maximum Gasteiger partial charge on any atom is 0.413 e. The monoisotopic (exact) mass is 427 g/mol. The fraction of sp³-hybridized carbons (Fsp3) is 0.579. The molecule has 1 aliphatic carbocycles. The number of non-ortho nitro benzene ring substituents is 1. The molecule has 158 valence electrons. The summed E-state index contributed by atoms with van der Waals surface area (Å²) >= 11 is 1.23. The lowest BCUT2D eigenvalue weighted by molar-refractivity contribution is -0.385. The number of thioether (sulfide) groups is 1. The van der Waals surface area contributed by atoms with Crippen LogP contribution in [0, 0.1) is 21.8 Å². The van der Waals surface area contributed by atoms with Crippen LogP contribution in [-0.4, -0.2) is 33.7 Å². The predicted molar refractivity (Wildman–Crippen MR) is 106 cm³/mol. The molecule has 1 N–H and O–H groups in total. The topological polar surface area (TPSA) is 93.8 Å². The van der Waals surface area contributed by atoms with E-state index in [2.05, 4.69) is 10.3 Å². The minimum atomic E-state index is -1.17. The number of hydrogen-bond donors (Lipinski definition) is 1. The molecule has 1 heterocycles. The van der Waals surface area contributed by atoms with Crippen molar-refractivity contribution in [2.24, 2.45) is 10.9 Å².